The van der Waals surface area contributed by atoms with E-state index in [0.29, 0.717) is 5.69 Å². The zero-order valence-corrected chi connectivity index (χ0v) is 15.9. The van der Waals surface area contributed by atoms with Crippen molar-refractivity contribution in [3.05, 3.63) is 68.7 Å². The number of para-hydroxylation sites is 1. The Kier molecular flexibility index (Phi) is 6.17. The van der Waals surface area contributed by atoms with Gasteiger partial charge in [0.2, 0.25) is 0 Å². The van der Waals surface area contributed by atoms with E-state index in [1.165, 1.54) is 12.1 Å². The highest BCUT2D eigenvalue weighted by Gasteiger charge is 2.20. The van der Waals surface area contributed by atoms with E-state index in [9.17, 15) is 19.7 Å². The number of non-ortho nitro benzene ring substituents is 1. The Morgan fingerprint density at radius 3 is 2.48 bits per heavy atom. The van der Waals surface area contributed by atoms with Gasteiger partial charge in [-0.3, -0.25) is 14.9 Å². The van der Waals surface area contributed by atoms with Crippen LogP contribution in [0.15, 0.2) is 42.5 Å². The molecule has 0 saturated heterocycles. The quantitative estimate of drug-likeness (QED) is 0.465. The van der Waals surface area contributed by atoms with Crippen molar-refractivity contribution in [3.8, 4) is 0 Å². The van der Waals surface area contributed by atoms with E-state index in [4.69, 9.17) is 16.3 Å². The third-order valence-electron chi connectivity index (χ3n) is 3.72. The molecule has 142 valence electrons. The van der Waals surface area contributed by atoms with E-state index in [0.717, 1.165) is 11.6 Å². The number of nitrogens with one attached hydrogen (secondary N) is 1. The minimum atomic E-state index is -0.914. The second-order valence-corrected chi connectivity index (χ2v) is 7.25. The predicted molar refractivity (Wildman–Crippen MR) is 102 cm³/mol. The number of hydrogen-bond acceptors (Lipinski definition) is 5. The summed E-state index contributed by atoms with van der Waals surface area (Å²) in [6.45, 7) is 5.50. The van der Waals surface area contributed by atoms with Crippen LogP contribution in [-0.2, 0) is 14.9 Å². The Labute approximate surface area is 161 Å². The minimum absolute atomic E-state index is 0.00378. The van der Waals surface area contributed by atoms with Crippen molar-refractivity contribution in [2.75, 3.05) is 11.9 Å². The molecule has 8 heteroatoms. The molecule has 0 unspecified atom stereocenters. The van der Waals surface area contributed by atoms with Crippen molar-refractivity contribution < 1.29 is 19.2 Å². The smallest absolute Gasteiger partial charge is 0.340 e. The number of esters is 1. The molecule has 1 amide bonds. The largest absolute Gasteiger partial charge is 0.452 e. The fraction of sp³-hybridized carbons (Fsp3) is 0.263. The second kappa shape index (κ2) is 8.18. The molecule has 0 aliphatic carbocycles. The van der Waals surface area contributed by atoms with E-state index in [2.05, 4.69) is 5.32 Å². The zero-order chi connectivity index (χ0) is 20.2. The van der Waals surface area contributed by atoms with Crippen LogP contribution in [0, 0.1) is 10.1 Å². The van der Waals surface area contributed by atoms with E-state index in [1.54, 1.807) is 12.1 Å². The van der Waals surface area contributed by atoms with Gasteiger partial charge in [-0.1, -0.05) is 50.6 Å². The van der Waals surface area contributed by atoms with Crippen molar-refractivity contribution >= 4 is 34.9 Å². The summed E-state index contributed by atoms with van der Waals surface area (Å²) in [5.74, 6) is -1.44. The normalized spacial score (nSPS) is 11.0. The Morgan fingerprint density at radius 1 is 1.19 bits per heavy atom. The van der Waals surface area contributed by atoms with Crippen LogP contribution in [0.25, 0.3) is 0 Å². The maximum atomic E-state index is 12.2. The number of rotatable bonds is 5. The van der Waals surface area contributed by atoms with Crippen LogP contribution in [0.2, 0.25) is 5.02 Å². The first kappa shape index (κ1) is 20.4. The molecular formula is C19H19ClN2O5. The van der Waals surface area contributed by atoms with E-state index < -0.39 is 23.4 Å². The predicted octanol–water partition coefficient (Wildman–Crippen LogP) is 4.34. The number of anilines is 1. The molecule has 0 bridgehead atoms. The Balaban J connectivity index is 2.06. The highest BCUT2D eigenvalue weighted by molar-refractivity contribution is 6.33. The average Bonchev–Trinajstić information content (AvgIpc) is 2.59. The third kappa shape index (κ3) is 5.27. The summed E-state index contributed by atoms with van der Waals surface area (Å²) in [5, 5.41) is 13.5. The van der Waals surface area contributed by atoms with Crippen LogP contribution in [0.1, 0.15) is 36.7 Å². The number of nitro benzene ring substituents is 1. The van der Waals surface area contributed by atoms with Crippen molar-refractivity contribution in [1.29, 1.82) is 0 Å². The minimum Gasteiger partial charge on any atom is -0.452 e. The van der Waals surface area contributed by atoms with Gasteiger partial charge in [0.25, 0.3) is 11.6 Å². The molecule has 0 heterocycles. The summed E-state index contributed by atoms with van der Waals surface area (Å²) < 4.78 is 4.95. The van der Waals surface area contributed by atoms with Crippen LogP contribution in [0.5, 0.6) is 0 Å². The molecule has 0 saturated carbocycles. The summed E-state index contributed by atoms with van der Waals surface area (Å²) in [6.07, 6.45) is 0. The van der Waals surface area contributed by atoms with Crippen molar-refractivity contribution in [1.82, 2.24) is 0 Å². The second-order valence-electron chi connectivity index (χ2n) is 6.84. The van der Waals surface area contributed by atoms with Crippen molar-refractivity contribution in [2.24, 2.45) is 0 Å². The molecule has 0 aromatic heterocycles. The number of ether oxygens (including phenoxy) is 1. The summed E-state index contributed by atoms with van der Waals surface area (Å²) in [4.78, 5) is 34.4. The van der Waals surface area contributed by atoms with Gasteiger partial charge in [0.15, 0.2) is 6.61 Å². The van der Waals surface area contributed by atoms with Crippen LogP contribution in [0.3, 0.4) is 0 Å². The first-order chi connectivity index (χ1) is 12.6. The number of carbonyl (C=O) groups is 2. The lowest BCUT2D eigenvalue weighted by Crippen LogP contribution is -2.23. The van der Waals surface area contributed by atoms with Gasteiger partial charge in [-0.15, -0.1) is 0 Å². The molecule has 0 radical (unpaired) electrons. The van der Waals surface area contributed by atoms with Crippen LogP contribution in [-0.4, -0.2) is 23.4 Å². The maximum absolute atomic E-state index is 12.2. The van der Waals surface area contributed by atoms with Gasteiger partial charge in [-0.05, 0) is 23.1 Å². The van der Waals surface area contributed by atoms with Gasteiger partial charge in [0, 0.05) is 17.8 Å². The van der Waals surface area contributed by atoms with Gasteiger partial charge in [0.05, 0.1) is 15.5 Å². The SMILES string of the molecule is CC(C)(C)c1ccccc1NC(=O)COC(=O)c1cc([N+](=O)[O-])ccc1Cl. The summed E-state index contributed by atoms with van der Waals surface area (Å²) in [7, 11) is 0. The van der Waals surface area contributed by atoms with Crippen LogP contribution >= 0.6 is 11.6 Å². The molecular weight excluding hydrogens is 372 g/mol. The van der Waals surface area contributed by atoms with Crippen LogP contribution in [0.4, 0.5) is 11.4 Å². The van der Waals surface area contributed by atoms with Gasteiger partial charge in [0.1, 0.15) is 0 Å². The number of amides is 1. The van der Waals surface area contributed by atoms with Gasteiger partial charge < -0.3 is 10.1 Å². The highest BCUT2D eigenvalue weighted by Crippen LogP contribution is 2.29. The molecule has 2 aromatic carbocycles. The zero-order valence-electron chi connectivity index (χ0n) is 15.1. The standard InChI is InChI=1S/C19H19ClN2O5/c1-19(2,3)14-6-4-5-7-16(14)21-17(23)11-27-18(24)13-10-12(22(25)26)8-9-15(13)20/h4-10H,11H2,1-3H3,(H,21,23). The molecule has 1 N–H and O–H groups in total. The molecule has 0 atom stereocenters. The first-order valence-electron chi connectivity index (χ1n) is 8.10. The monoisotopic (exact) mass is 390 g/mol. The molecule has 0 aliphatic rings. The van der Waals surface area contributed by atoms with Gasteiger partial charge in [-0.25, -0.2) is 4.79 Å². The lowest BCUT2D eigenvalue weighted by molar-refractivity contribution is -0.384. The molecule has 2 rings (SSSR count). The highest BCUT2D eigenvalue weighted by atomic mass is 35.5. The number of carbonyl (C=O) groups excluding carboxylic acids is 2. The average molecular weight is 391 g/mol. The topological polar surface area (TPSA) is 98.5 Å². The van der Waals surface area contributed by atoms with Gasteiger partial charge >= 0.3 is 5.97 Å². The van der Waals surface area contributed by atoms with Crippen molar-refractivity contribution in [2.45, 2.75) is 26.2 Å². The van der Waals surface area contributed by atoms with E-state index in [1.807, 2.05) is 32.9 Å². The Bertz CT molecular complexity index is 890. The summed E-state index contributed by atoms with van der Waals surface area (Å²) in [5.41, 5.74) is 0.909. The maximum Gasteiger partial charge on any atom is 0.340 e. The fourth-order valence-corrected chi connectivity index (χ4v) is 2.62. The third-order valence-corrected chi connectivity index (χ3v) is 4.05. The number of halogens is 1. The fourth-order valence-electron chi connectivity index (χ4n) is 2.42. The first-order valence-corrected chi connectivity index (χ1v) is 8.48. The summed E-state index contributed by atoms with van der Waals surface area (Å²) in [6, 6.07) is 10.8. The van der Waals surface area contributed by atoms with E-state index in [-0.39, 0.29) is 21.7 Å². The summed E-state index contributed by atoms with van der Waals surface area (Å²) >= 11 is 5.89. The molecule has 0 aliphatic heterocycles. The number of benzene rings is 2. The molecule has 2 aromatic rings. The molecule has 0 fully saturated rings. The van der Waals surface area contributed by atoms with Crippen LogP contribution < -0.4 is 5.32 Å². The molecule has 27 heavy (non-hydrogen) atoms. The number of nitro groups is 1. The Hall–Kier alpha value is -2.93. The Morgan fingerprint density at radius 2 is 1.85 bits per heavy atom. The number of nitrogens with zero attached hydrogens (tertiary/aromatic N) is 1. The molecule has 0 spiro atoms. The van der Waals surface area contributed by atoms with E-state index >= 15 is 0 Å². The van der Waals surface area contributed by atoms with Gasteiger partial charge in [-0.2, -0.15) is 0 Å². The lowest BCUT2D eigenvalue weighted by atomic mass is 9.86. The van der Waals surface area contributed by atoms with Crippen molar-refractivity contribution in [3.63, 3.8) is 0 Å². The number of hydrogen-bond donors (Lipinski definition) is 1. The lowest BCUT2D eigenvalue weighted by Gasteiger charge is -2.22. The molecule has 7 nitrogen and oxygen atoms in total.